The quantitative estimate of drug-likeness (QED) is 0.739. The standard InChI is InChI=1S/C20H28N6O3/c1-2-3-5-10-22-18(27)24-11-8-20(14-24)15-25-17(13-29-20)23-26(19(25)28)12-16-7-4-6-9-21-16/h4,6-7,9H,2-3,5,8,10-15H2,1H3,(H,22,27). The van der Waals surface area contributed by atoms with Gasteiger partial charge < -0.3 is 15.0 Å². The van der Waals surface area contributed by atoms with E-state index in [-0.39, 0.29) is 18.3 Å². The fraction of sp³-hybridized carbons (Fsp3) is 0.600. The Kier molecular flexibility index (Phi) is 5.66. The molecule has 2 amide bonds. The molecular weight excluding hydrogens is 372 g/mol. The van der Waals surface area contributed by atoms with E-state index >= 15 is 0 Å². The summed E-state index contributed by atoms with van der Waals surface area (Å²) in [5.41, 5.74) is 0.111. The second kappa shape index (κ2) is 8.36. The number of likely N-dealkylation sites (tertiary alicyclic amines) is 1. The Morgan fingerprint density at radius 3 is 3.00 bits per heavy atom. The Morgan fingerprint density at radius 1 is 1.31 bits per heavy atom. The summed E-state index contributed by atoms with van der Waals surface area (Å²) in [6.07, 6.45) is 5.65. The van der Waals surface area contributed by atoms with Gasteiger partial charge in [0.1, 0.15) is 12.2 Å². The third-order valence-electron chi connectivity index (χ3n) is 5.65. The van der Waals surface area contributed by atoms with Crippen LogP contribution in [-0.2, 0) is 24.4 Å². The number of rotatable bonds is 6. The first kappa shape index (κ1) is 19.6. The number of pyridine rings is 1. The predicted molar refractivity (Wildman–Crippen MR) is 106 cm³/mol. The van der Waals surface area contributed by atoms with Crippen LogP contribution in [-0.4, -0.2) is 55.5 Å². The van der Waals surface area contributed by atoms with Crippen LogP contribution >= 0.6 is 0 Å². The molecular formula is C20H28N6O3. The maximum Gasteiger partial charge on any atom is 0.346 e. The fourth-order valence-corrected chi connectivity index (χ4v) is 4.00. The highest BCUT2D eigenvalue weighted by Crippen LogP contribution is 2.31. The number of aromatic nitrogens is 4. The predicted octanol–water partition coefficient (Wildman–Crippen LogP) is 1.36. The van der Waals surface area contributed by atoms with Crippen LogP contribution in [0.2, 0.25) is 0 Å². The van der Waals surface area contributed by atoms with Crippen molar-refractivity contribution in [1.29, 1.82) is 0 Å². The molecule has 2 aliphatic rings. The largest absolute Gasteiger partial charge is 0.363 e. The zero-order valence-corrected chi connectivity index (χ0v) is 16.8. The molecule has 2 aliphatic heterocycles. The topological polar surface area (TPSA) is 94.3 Å². The van der Waals surface area contributed by atoms with Crippen molar-refractivity contribution in [2.75, 3.05) is 19.6 Å². The highest BCUT2D eigenvalue weighted by atomic mass is 16.5. The maximum absolute atomic E-state index is 12.9. The molecule has 1 spiro atoms. The average Bonchev–Trinajstić information content (AvgIpc) is 3.28. The molecule has 2 aromatic heterocycles. The van der Waals surface area contributed by atoms with Gasteiger partial charge in [0.15, 0.2) is 5.82 Å². The zero-order valence-electron chi connectivity index (χ0n) is 16.8. The number of carbonyl (C=O) groups excluding carboxylic acids is 1. The van der Waals surface area contributed by atoms with Gasteiger partial charge in [-0.1, -0.05) is 25.8 Å². The molecule has 2 aromatic rings. The average molecular weight is 400 g/mol. The Bertz CT molecular complexity index is 909. The van der Waals surface area contributed by atoms with Crippen LogP contribution in [0, 0.1) is 0 Å². The molecule has 0 aliphatic carbocycles. The number of amides is 2. The van der Waals surface area contributed by atoms with Crippen LogP contribution in [0.5, 0.6) is 0 Å². The summed E-state index contributed by atoms with van der Waals surface area (Å²) < 4.78 is 9.25. The van der Waals surface area contributed by atoms with Crippen molar-refractivity contribution >= 4 is 6.03 Å². The summed E-state index contributed by atoms with van der Waals surface area (Å²) in [7, 11) is 0. The highest BCUT2D eigenvalue weighted by molar-refractivity contribution is 5.74. The first-order chi connectivity index (χ1) is 14.1. The molecule has 1 fully saturated rings. The van der Waals surface area contributed by atoms with E-state index in [9.17, 15) is 9.59 Å². The van der Waals surface area contributed by atoms with E-state index in [2.05, 4.69) is 22.3 Å². The number of nitrogens with one attached hydrogen (secondary N) is 1. The van der Waals surface area contributed by atoms with E-state index < -0.39 is 5.60 Å². The monoisotopic (exact) mass is 400 g/mol. The minimum Gasteiger partial charge on any atom is -0.363 e. The van der Waals surface area contributed by atoms with Gasteiger partial charge in [-0.05, 0) is 25.0 Å². The molecule has 9 nitrogen and oxygen atoms in total. The Morgan fingerprint density at radius 2 is 2.21 bits per heavy atom. The van der Waals surface area contributed by atoms with Crippen molar-refractivity contribution in [3.8, 4) is 0 Å². The highest BCUT2D eigenvalue weighted by Gasteiger charge is 2.45. The van der Waals surface area contributed by atoms with Crippen molar-refractivity contribution in [3.63, 3.8) is 0 Å². The molecule has 0 bridgehead atoms. The fourth-order valence-electron chi connectivity index (χ4n) is 4.00. The summed E-state index contributed by atoms with van der Waals surface area (Å²) in [6.45, 7) is 4.98. The van der Waals surface area contributed by atoms with Crippen LogP contribution in [0.3, 0.4) is 0 Å². The molecule has 4 heterocycles. The summed E-state index contributed by atoms with van der Waals surface area (Å²) in [5.74, 6) is 0.624. The lowest BCUT2D eigenvalue weighted by Crippen LogP contribution is -2.48. The molecule has 0 aromatic carbocycles. The molecule has 4 rings (SSSR count). The minimum absolute atomic E-state index is 0.0504. The molecule has 1 N–H and O–H groups in total. The third-order valence-corrected chi connectivity index (χ3v) is 5.65. The van der Waals surface area contributed by atoms with E-state index in [1.165, 1.54) is 4.68 Å². The van der Waals surface area contributed by atoms with Gasteiger partial charge >= 0.3 is 11.7 Å². The van der Waals surface area contributed by atoms with Crippen molar-refractivity contribution in [1.82, 2.24) is 29.5 Å². The van der Waals surface area contributed by atoms with Crippen molar-refractivity contribution in [2.24, 2.45) is 0 Å². The minimum atomic E-state index is -0.517. The summed E-state index contributed by atoms with van der Waals surface area (Å²) in [5, 5.41) is 7.40. The number of urea groups is 1. The lowest BCUT2D eigenvalue weighted by Gasteiger charge is -2.33. The van der Waals surface area contributed by atoms with Crippen molar-refractivity contribution < 1.29 is 9.53 Å². The lowest BCUT2D eigenvalue weighted by molar-refractivity contribution is -0.0812. The molecule has 29 heavy (non-hydrogen) atoms. The van der Waals surface area contributed by atoms with Crippen LogP contribution in [0.1, 0.15) is 44.1 Å². The lowest BCUT2D eigenvalue weighted by atomic mass is 10.0. The number of ether oxygens (including phenoxy) is 1. The van der Waals surface area contributed by atoms with Gasteiger partial charge in [-0.2, -0.15) is 5.10 Å². The van der Waals surface area contributed by atoms with Gasteiger partial charge in [-0.15, -0.1) is 0 Å². The Balaban J connectivity index is 1.41. The van der Waals surface area contributed by atoms with Crippen molar-refractivity contribution in [3.05, 3.63) is 46.4 Å². The van der Waals surface area contributed by atoms with Crippen LogP contribution in [0.25, 0.3) is 0 Å². The van der Waals surface area contributed by atoms with E-state index in [0.29, 0.717) is 45.0 Å². The summed E-state index contributed by atoms with van der Waals surface area (Å²) in [6, 6.07) is 5.55. The molecule has 9 heteroatoms. The number of hydrogen-bond donors (Lipinski definition) is 1. The third kappa shape index (κ3) is 4.19. The van der Waals surface area contributed by atoms with E-state index in [1.807, 2.05) is 18.2 Å². The van der Waals surface area contributed by atoms with E-state index in [4.69, 9.17) is 4.74 Å². The molecule has 1 unspecified atom stereocenters. The molecule has 0 saturated carbocycles. The van der Waals surface area contributed by atoms with Gasteiger partial charge in [-0.3, -0.25) is 9.55 Å². The first-order valence-corrected chi connectivity index (χ1v) is 10.3. The first-order valence-electron chi connectivity index (χ1n) is 10.3. The molecule has 156 valence electrons. The molecule has 1 saturated heterocycles. The maximum atomic E-state index is 12.9. The number of fused-ring (bicyclic) bond motifs is 1. The number of nitrogens with zero attached hydrogens (tertiary/aromatic N) is 5. The van der Waals surface area contributed by atoms with Crippen LogP contribution in [0.4, 0.5) is 4.79 Å². The Labute approximate surface area is 169 Å². The van der Waals surface area contributed by atoms with Crippen LogP contribution in [0.15, 0.2) is 29.2 Å². The SMILES string of the molecule is CCCCCNC(=O)N1CCC2(C1)Cn1c(nn(Cc3ccccn3)c1=O)CO2. The van der Waals surface area contributed by atoms with Crippen molar-refractivity contribution in [2.45, 2.75) is 57.9 Å². The summed E-state index contributed by atoms with van der Waals surface area (Å²) in [4.78, 5) is 31.3. The van der Waals surface area contributed by atoms with E-state index in [0.717, 1.165) is 25.0 Å². The smallest absolute Gasteiger partial charge is 0.346 e. The van der Waals surface area contributed by atoms with Gasteiger partial charge in [0.2, 0.25) is 0 Å². The second-order valence-electron chi connectivity index (χ2n) is 7.85. The van der Waals surface area contributed by atoms with Gasteiger partial charge in [0, 0.05) is 19.3 Å². The van der Waals surface area contributed by atoms with Gasteiger partial charge in [0.25, 0.3) is 0 Å². The zero-order chi connectivity index (χ0) is 20.3. The van der Waals surface area contributed by atoms with Gasteiger partial charge in [-0.25, -0.2) is 14.3 Å². The number of hydrogen-bond acceptors (Lipinski definition) is 5. The molecule has 1 atom stereocenters. The van der Waals surface area contributed by atoms with E-state index in [1.54, 1.807) is 15.7 Å². The molecule has 0 radical (unpaired) electrons. The second-order valence-corrected chi connectivity index (χ2v) is 7.85. The van der Waals surface area contributed by atoms with Gasteiger partial charge in [0.05, 0.1) is 25.3 Å². The van der Waals surface area contributed by atoms with Crippen LogP contribution < -0.4 is 11.0 Å². The Hall–Kier alpha value is -2.68. The number of carbonyl (C=O) groups is 1. The normalized spacial score (nSPS) is 20.8. The number of unbranched alkanes of at least 4 members (excludes halogenated alkanes) is 2. The summed E-state index contributed by atoms with van der Waals surface area (Å²) >= 11 is 0.